The Morgan fingerprint density at radius 3 is 2.75 bits per heavy atom. The summed E-state index contributed by atoms with van der Waals surface area (Å²) in [7, 11) is 0. The number of phenols is 2. The third-order valence-electron chi connectivity index (χ3n) is 2.58. The van der Waals surface area contributed by atoms with Gasteiger partial charge in [-0.3, -0.25) is 5.10 Å². The Bertz CT molecular complexity index is 697. The van der Waals surface area contributed by atoms with Crippen molar-refractivity contribution in [2.75, 3.05) is 0 Å². The van der Waals surface area contributed by atoms with Gasteiger partial charge in [0.1, 0.15) is 0 Å². The highest BCUT2D eigenvalue weighted by molar-refractivity contribution is 7.71. The summed E-state index contributed by atoms with van der Waals surface area (Å²) in [6.45, 7) is 3.94. The molecule has 0 bridgehead atoms. The average molecular weight is 313 g/mol. The zero-order valence-electron chi connectivity index (χ0n) is 10.8. The van der Waals surface area contributed by atoms with Crippen molar-refractivity contribution >= 4 is 30.0 Å². The predicted octanol–water partition coefficient (Wildman–Crippen LogP) is 3.01. The molecule has 20 heavy (non-hydrogen) atoms. The van der Waals surface area contributed by atoms with Crippen LogP contribution < -0.4 is 0 Å². The second kappa shape index (κ2) is 5.64. The molecular weight excluding hydrogens is 300 g/mol. The second-order valence-electron chi connectivity index (χ2n) is 4.47. The Hall–Kier alpha value is -1.86. The van der Waals surface area contributed by atoms with Crippen molar-refractivity contribution in [1.82, 2.24) is 14.9 Å². The number of aromatic hydroxyl groups is 2. The minimum atomic E-state index is -0.355. The number of H-pyrrole nitrogens is 1. The molecule has 0 aliphatic rings. The van der Waals surface area contributed by atoms with Crippen molar-refractivity contribution in [3.8, 4) is 11.5 Å². The van der Waals surface area contributed by atoms with E-state index in [0.717, 1.165) is 0 Å². The first-order valence-electron chi connectivity index (χ1n) is 5.83. The summed E-state index contributed by atoms with van der Waals surface area (Å²) in [6.07, 6.45) is 1.47. The smallest absolute Gasteiger partial charge is 0.216 e. The van der Waals surface area contributed by atoms with Gasteiger partial charge in [-0.1, -0.05) is 25.4 Å². The van der Waals surface area contributed by atoms with Crippen LogP contribution >= 0.6 is 23.8 Å². The lowest BCUT2D eigenvalue weighted by Gasteiger charge is -2.04. The lowest BCUT2D eigenvalue weighted by molar-refractivity contribution is 0.404. The van der Waals surface area contributed by atoms with Gasteiger partial charge in [0.05, 0.1) is 11.2 Å². The third-order valence-corrected chi connectivity index (χ3v) is 3.13. The molecule has 0 saturated heterocycles. The summed E-state index contributed by atoms with van der Waals surface area (Å²) in [6, 6.07) is 2.84. The number of aromatic amines is 1. The highest BCUT2D eigenvalue weighted by Crippen LogP contribution is 2.33. The van der Waals surface area contributed by atoms with E-state index in [2.05, 4.69) is 15.3 Å². The van der Waals surface area contributed by atoms with Gasteiger partial charge in [0.2, 0.25) is 4.77 Å². The highest BCUT2D eigenvalue weighted by atomic mass is 35.5. The quantitative estimate of drug-likeness (QED) is 0.462. The summed E-state index contributed by atoms with van der Waals surface area (Å²) < 4.78 is 1.87. The van der Waals surface area contributed by atoms with Gasteiger partial charge in [0, 0.05) is 5.92 Å². The van der Waals surface area contributed by atoms with Gasteiger partial charge in [0.25, 0.3) is 0 Å². The molecule has 8 heteroatoms. The van der Waals surface area contributed by atoms with E-state index >= 15 is 0 Å². The number of hydrogen-bond acceptors (Lipinski definition) is 5. The standard InChI is InChI=1S/C12H13ClN4O2S/c1-6(2)11-15-16-12(20)17(11)14-5-7-3-8(13)10(19)9(18)4-7/h3-6,18-19H,1-2H3,(H,16,20)/b14-5+. The molecule has 3 N–H and O–H groups in total. The molecule has 2 rings (SSSR count). The summed E-state index contributed by atoms with van der Waals surface area (Å²) in [4.78, 5) is 0. The largest absolute Gasteiger partial charge is 0.504 e. The van der Waals surface area contributed by atoms with Crippen molar-refractivity contribution in [2.45, 2.75) is 19.8 Å². The van der Waals surface area contributed by atoms with Crippen LogP contribution in [0.15, 0.2) is 17.2 Å². The zero-order chi connectivity index (χ0) is 14.9. The molecule has 0 unspecified atom stereocenters. The first-order chi connectivity index (χ1) is 9.40. The monoisotopic (exact) mass is 312 g/mol. The van der Waals surface area contributed by atoms with Crippen LogP contribution in [0.2, 0.25) is 5.02 Å². The van der Waals surface area contributed by atoms with Gasteiger partial charge < -0.3 is 10.2 Å². The van der Waals surface area contributed by atoms with E-state index in [9.17, 15) is 10.2 Å². The molecule has 106 valence electrons. The maximum atomic E-state index is 9.49. The normalized spacial score (nSPS) is 11.6. The van der Waals surface area contributed by atoms with Gasteiger partial charge in [-0.05, 0) is 29.9 Å². The molecule has 1 aromatic heterocycles. The first-order valence-corrected chi connectivity index (χ1v) is 6.62. The molecule has 0 aliphatic carbocycles. The summed E-state index contributed by atoms with van der Waals surface area (Å²) in [5.41, 5.74) is 0.531. The summed E-state index contributed by atoms with van der Waals surface area (Å²) in [5.74, 6) is 0.183. The number of rotatable bonds is 3. The SMILES string of the molecule is CC(C)c1n[nH]c(=S)n1/N=C/c1cc(O)c(O)c(Cl)c1. The number of hydrogen-bond donors (Lipinski definition) is 3. The number of benzene rings is 1. The molecule has 0 fully saturated rings. The Morgan fingerprint density at radius 2 is 2.15 bits per heavy atom. The Morgan fingerprint density at radius 1 is 1.45 bits per heavy atom. The highest BCUT2D eigenvalue weighted by Gasteiger charge is 2.09. The first kappa shape index (κ1) is 14.5. The van der Waals surface area contributed by atoms with Crippen LogP contribution in [0, 0.1) is 4.77 Å². The van der Waals surface area contributed by atoms with Gasteiger partial charge in [-0.15, -0.1) is 0 Å². The van der Waals surface area contributed by atoms with E-state index in [1.54, 1.807) is 0 Å². The van der Waals surface area contributed by atoms with Crippen LogP contribution in [0.4, 0.5) is 0 Å². The van der Waals surface area contributed by atoms with E-state index in [-0.39, 0.29) is 22.4 Å². The molecule has 0 aliphatic heterocycles. The second-order valence-corrected chi connectivity index (χ2v) is 5.26. The van der Waals surface area contributed by atoms with Crippen LogP contribution in [0.1, 0.15) is 31.2 Å². The van der Waals surface area contributed by atoms with Crippen LogP contribution in [-0.4, -0.2) is 31.3 Å². The number of nitrogens with one attached hydrogen (secondary N) is 1. The van der Waals surface area contributed by atoms with Crippen LogP contribution in [0.5, 0.6) is 11.5 Å². The van der Waals surface area contributed by atoms with E-state index < -0.39 is 0 Å². The average Bonchev–Trinajstić information content (AvgIpc) is 2.74. The number of nitrogens with zero attached hydrogens (tertiary/aromatic N) is 3. The topological polar surface area (TPSA) is 86.4 Å². The van der Waals surface area contributed by atoms with Crippen molar-refractivity contribution in [3.63, 3.8) is 0 Å². The zero-order valence-corrected chi connectivity index (χ0v) is 12.4. The molecule has 1 aromatic carbocycles. The van der Waals surface area contributed by atoms with Crippen LogP contribution in [0.25, 0.3) is 0 Å². The fraction of sp³-hybridized carbons (Fsp3) is 0.250. The number of halogens is 1. The lowest BCUT2D eigenvalue weighted by Crippen LogP contribution is -2.00. The Labute approximate surface area is 125 Å². The summed E-state index contributed by atoms with van der Waals surface area (Å²) in [5, 5.41) is 29.9. The maximum Gasteiger partial charge on any atom is 0.216 e. The van der Waals surface area contributed by atoms with Gasteiger partial charge in [0.15, 0.2) is 17.3 Å². The Balaban J connectivity index is 2.40. The lowest BCUT2D eigenvalue weighted by atomic mass is 10.2. The molecular formula is C12H13ClN4O2S. The minimum Gasteiger partial charge on any atom is -0.504 e. The van der Waals surface area contributed by atoms with E-state index in [1.807, 2.05) is 13.8 Å². The fourth-order valence-corrected chi connectivity index (χ4v) is 2.00. The maximum absolute atomic E-state index is 9.49. The van der Waals surface area contributed by atoms with Crippen molar-refractivity contribution < 1.29 is 10.2 Å². The van der Waals surface area contributed by atoms with Crippen molar-refractivity contribution in [1.29, 1.82) is 0 Å². The van der Waals surface area contributed by atoms with E-state index in [1.165, 1.54) is 23.0 Å². The number of aromatic nitrogens is 3. The van der Waals surface area contributed by atoms with Crippen molar-refractivity contribution in [2.24, 2.45) is 5.10 Å². The van der Waals surface area contributed by atoms with Gasteiger partial charge in [-0.2, -0.15) is 14.9 Å². The molecule has 6 nitrogen and oxygen atoms in total. The molecule has 1 heterocycles. The van der Waals surface area contributed by atoms with Gasteiger partial charge in [-0.25, -0.2) is 0 Å². The minimum absolute atomic E-state index is 0.0475. The van der Waals surface area contributed by atoms with E-state index in [0.29, 0.717) is 16.2 Å². The van der Waals surface area contributed by atoms with Crippen LogP contribution in [0.3, 0.4) is 0 Å². The molecule has 0 saturated carbocycles. The summed E-state index contributed by atoms with van der Waals surface area (Å²) >= 11 is 10.9. The predicted molar refractivity (Wildman–Crippen MR) is 79.3 cm³/mol. The molecule has 0 amide bonds. The van der Waals surface area contributed by atoms with Gasteiger partial charge >= 0.3 is 0 Å². The van der Waals surface area contributed by atoms with E-state index in [4.69, 9.17) is 23.8 Å². The van der Waals surface area contributed by atoms with Crippen molar-refractivity contribution in [3.05, 3.63) is 33.3 Å². The third kappa shape index (κ3) is 2.83. The number of phenolic OH excluding ortho intramolecular Hbond substituents is 2. The Kier molecular flexibility index (Phi) is 4.10. The fourth-order valence-electron chi connectivity index (χ4n) is 1.59. The molecule has 0 radical (unpaired) electrons. The molecule has 0 atom stereocenters. The molecule has 0 spiro atoms. The molecule has 2 aromatic rings. The van der Waals surface area contributed by atoms with Crippen LogP contribution in [-0.2, 0) is 0 Å².